The Morgan fingerprint density at radius 1 is 1.33 bits per heavy atom. The average molecular weight is 134 g/mol. The molecule has 4 nitrogen and oxygen atoms in total. The van der Waals surface area contributed by atoms with Gasteiger partial charge in [-0.1, -0.05) is 0 Å². The summed E-state index contributed by atoms with van der Waals surface area (Å²) in [6.45, 7) is -0.0622. The van der Waals surface area contributed by atoms with Gasteiger partial charge in [0.1, 0.15) is 5.78 Å². The first-order valence-corrected chi connectivity index (χ1v) is 2.60. The molecule has 0 atom stereocenters. The van der Waals surface area contributed by atoms with Gasteiger partial charge in [0.25, 0.3) is 0 Å². The first kappa shape index (κ1) is 8.10. The van der Waals surface area contributed by atoms with Crippen LogP contribution in [-0.2, 0) is 9.59 Å². The Kier molecular flexibility index (Phi) is 3.62. The molecule has 0 spiro atoms. The highest BCUT2D eigenvalue weighted by Gasteiger charge is 2.01. The van der Waals surface area contributed by atoms with E-state index in [2.05, 4.69) is 0 Å². The molecule has 0 bridgehead atoms. The number of hydrogen-bond donors (Lipinski definition) is 2. The van der Waals surface area contributed by atoms with Crippen LogP contribution in [-0.4, -0.2) is 23.4 Å². The molecule has 0 aromatic rings. The van der Waals surface area contributed by atoms with Crippen molar-refractivity contribution in [2.75, 3.05) is 6.54 Å². The molecule has 0 heterocycles. The van der Waals surface area contributed by atoms with E-state index >= 15 is 0 Å². The molecule has 0 fully saturated rings. The first-order chi connectivity index (χ1) is 4.16. The van der Waals surface area contributed by atoms with Gasteiger partial charge in [-0.3, -0.25) is 9.59 Å². The van der Waals surface area contributed by atoms with Gasteiger partial charge < -0.3 is 10.8 Å². The molecule has 0 aliphatic carbocycles. The van der Waals surface area contributed by atoms with Crippen molar-refractivity contribution < 1.29 is 14.7 Å². The summed E-state index contributed by atoms with van der Waals surface area (Å²) in [5.74, 6) is -1.17. The van der Waals surface area contributed by atoms with Gasteiger partial charge in [0, 0.05) is 6.42 Å². The Bertz CT molecular complexity index is 121. The molecule has 3 N–H and O–H groups in total. The zero-order chi connectivity index (χ0) is 7.28. The summed E-state index contributed by atoms with van der Waals surface area (Å²) in [6.07, 6.45) is -0.0676. The number of carboxylic acid groups (broad SMARTS) is 1. The summed E-state index contributed by atoms with van der Waals surface area (Å²) in [7, 11) is 0. The van der Waals surface area contributed by atoms with E-state index < -0.39 is 5.97 Å². The zero-order valence-electron chi connectivity index (χ0n) is 4.96. The van der Waals surface area contributed by atoms with Crippen LogP contribution in [0.5, 0.6) is 0 Å². The van der Waals surface area contributed by atoms with E-state index in [9.17, 15) is 9.59 Å². The summed E-state index contributed by atoms with van der Waals surface area (Å²) >= 11 is 0. The maximum atomic E-state index is 10.3. The van der Waals surface area contributed by atoms with Gasteiger partial charge in [-0.15, -0.1) is 0 Å². The van der Waals surface area contributed by atoms with E-state index in [1.165, 1.54) is 0 Å². The van der Waals surface area contributed by atoms with Crippen molar-refractivity contribution in [2.24, 2.45) is 5.73 Å². The van der Waals surface area contributed by atoms with Gasteiger partial charge in [-0.25, -0.2) is 0 Å². The molecule has 0 radical (unpaired) electrons. The number of rotatable bonds is 4. The Hall–Kier alpha value is -0.900. The van der Waals surface area contributed by atoms with Crippen LogP contribution in [0.15, 0.2) is 0 Å². The molecular formula is C5H9NO3. The highest BCUT2D eigenvalue weighted by Crippen LogP contribution is 1.87. The molecule has 52 valence electrons. The quantitative estimate of drug-likeness (QED) is 0.396. The van der Waals surface area contributed by atoms with Crippen LogP contribution >= 0.6 is 0 Å². The maximum Gasteiger partial charge on any atom is 0.303 e. The molecule has 0 aromatic carbocycles. The highest BCUT2D eigenvalue weighted by molar-refractivity contribution is 5.83. The second kappa shape index (κ2) is 4.03. The number of carboxylic acids is 1. The van der Waals surface area contributed by atoms with E-state index in [0.717, 1.165) is 0 Å². The average Bonchev–Trinajstić information content (AvgIpc) is 1.83. The summed E-state index contributed by atoms with van der Waals surface area (Å²) in [5.41, 5.74) is 4.92. The van der Waals surface area contributed by atoms with Crippen LogP contribution in [0.2, 0.25) is 0 Å². The summed E-state index contributed by atoms with van der Waals surface area (Å²) in [5, 5.41) is 8.06. The van der Waals surface area contributed by atoms with E-state index in [-0.39, 0.29) is 25.2 Å². The fourth-order valence-corrected chi connectivity index (χ4v) is 0.348. The first-order valence-electron chi connectivity index (χ1n) is 2.60. The molecule has 0 aliphatic rings. The van der Waals surface area contributed by atoms with Crippen molar-refractivity contribution in [1.82, 2.24) is 0 Å². The third kappa shape index (κ3) is 4.96. The molecule has 0 rings (SSSR count). The normalized spacial score (nSPS) is 9.00. The minimum absolute atomic E-state index is 0.0475. The van der Waals surface area contributed by atoms with Crippen molar-refractivity contribution in [3.8, 4) is 0 Å². The third-order valence-electron chi connectivity index (χ3n) is 0.845. The standard InChI is InChI=1S/C5H9NO3/c6-3-4(7)1-2-5(8)9/h1-3,6H2,(H,8,9)/i3+1,4+1,6+1. The lowest BCUT2D eigenvalue weighted by molar-refractivity contribution is -0.138. The summed E-state index contributed by atoms with van der Waals surface area (Å²) in [6, 6.07) is 0. The summed E-state index contributed by atoms with van der Waals surface area (Å²) < 4.78 is 0. The fraction of sp³-hybridized carbons (Fsp3) is 0.600. The number of carbonyl (C=O) groups excluding carboxylic acids is 1. The molecule has 0 unspecified atom stereocenters. The van der Waals surface area contributed by atoms with E-state index in [0.29, 0.717) is 0 Å². The molecule has 4 heteroatoms. The van der Waals surface area contributed by atoms with Crippen LogP contribution in [0.4, 0.5) is 0 Å². The van der Waals surface area contributed by atoms with Crippen LogP contribution in [0.25, 0.3) is 0 Å². The van der Waals surface area contributed by atoms with Crippen molar-refractivity contribution in [3.63, 3.8) is 0 Å². The summed E-state index contributed by atoms with van der Waals surface area (Å²) in [4.78, 5) is 20.2. The number of nitrogens with two attached hydrogens (primary N) is 1. The van der Waals surface area contributed by atoms with Gasteiger partial charge in [0.15, 0.2) is 0 Å². The molecule has 0 aromatic heterocycles. The Balaban J connectivity index is 3.28. The second-order valence-electron chi connectivity index (χ2n) is 1.64. The van der Waals surface area contributed by atoms with Crippen molar-refractivity contribution in [3.05, 3.63) is 0 Å². The Morgan fingerprint density at radius 3 is 2.22 bits per heavy atom. The van der Waals surface area contributed by atoms with Crippen LogP contribution in [0, 0.1) is 0 Å². The van der Waals surface area contributed by atoms with Gasteiger partial charge in [0.05, 0.1) is 13.0 Å². The molecule has 0 saturated carbocycles. The molecule has 0 aliphatic heterocycles. The van der Waals surface area contributed by atoms with E-state index in [1.807, 2.05) is 0 Å². The number of aliphatic carboxylic acids is 1. The monoisotopic (exact) mass is 134 g/mol. The predicted octanol–water partition coefficient (Wildman–Crippen LogP) is -0.621. The van der Waals surface area contributed by atoms with E-state index in [1.54, 1.807) is 0 Å². The fourth-order valence-electron chi connectivity index (χ4n) is 0.348. The molecular weight excluding hydrogens is 125 g/mol. The van der Waals surface area contributed by atoms with Crippen molar-refractivity contribution in [2.45, 2.75) is 12.8 Å². The Labute approximate surface area is 52.7 Å². The lowest BCUT2D eigenvalue weighted by atomic mass is 10.4. The lowest BCUT2D eigenvalue weighted by Gasteiger charge is -1.90. The van der Waals surface area contributed by atoms with Crippen molar-refractivity contribution >= 4 is 11.8 Å². The number of carbonyl (C=O) groups is 2. The smallest absolute Gasteiger partial charge is 0.303 e. The van der Waals surface area contributed by atoms with Gasteiger partial charge in [-0.05, 0) is 0 Å². The predicted molar refractivity (Wildman–Crippen MR) is 30.9 cm³/mol. The Morgan fingerprint density at radius 2 is 1.89 bits per heavy atom. The number of ketones is 1. The van der Waals surface area contributed by atoms with Gasteiger partial charge >= 0.3 is 5.97 Å². The van der Waals surface area contributed by atoms with Gasteiger partial charge in [0.2, 0.25) is 0 Å². The largest absolute Gasteiger partial charge is 0.481 e. The number of Topliss-reactive ketones (excluding diaryl/α,β-unsaturated/α-hetero) is 1. The molecule has 9 heavy (non-hydrogen) atoms. The SMILES string of the molecule is [15NH2][13CH2][13C](=O)CCC(=O)O. The van der Waals surface area contributed by atoms with E-state index in [4.69, 9.17) is 10.8 Å². The molecule has 0 amide bonds. The number of hydrogen-bond acceptors (Lipinski definition) is 3. The van der Waals surface area contributed by atoms with Gasteiger partial charge in [-0.2, -0.15) is 0 Å². The minimum Gasteiger partial charge on any atom is -0.481 e. The highest BCUT2D eigenvalue weighted by atomic mass is 16.4. The van der Waals surface area contributed by atoms with Crippen LogP contribution in [0.1, 0.15) is 12.8 Å². The lowest BCUT2D eigenvalue weighted by Crippen LogP contribution is -2.14. The molecule has 0 saturated heterocycles. The third-order valence-corrected chi connectivity index (χ3v) is 0.845. The zero-order valence-corrected chi connectivity index (χ0v) is 4.96. The second-order valence-corrected chi connectivity index (χ2v) is 1.64. The van der Waals surface area contributed by atoms with Crippen LogP contribution in [0.3, 0.4) is 0 Å². The maximum absolute atomic E-state index is 10.3. The minimum atomic E-state index is -0.961. The topological polar surface area (TPSA) is 80.4 Å². The van der Waals surface area contributed by atoms with Crippen LogP contribution < -0.4 is 5.73 Å². The van der Waals surface area contributed by atoms with Crippen molar-refractivity contribution in [1.29, 1.82) is 0 Å².